The molecule has 0 saturated carbocycles. The van der Waals surface area contributed by atoms with Crippen molar-refractivity contribution >= 4 is 0 Å². The van der Waals surface area contributed by atoms with E-state index >= 15 is 0 Å². The van der Waals surface area contributed by atoms with Gasteiger partial charge in [0, 0.05) is 6.20 Å². The molecule has 1 radical (unpaired) electrons. The lowest BCUT2D eigenvalue weighted by Gasteiger charge is -1.85. The van der Waals surface area contributed by atoms with Crippen molar-refractivity contribution in [1.82, 2.24) is 4.98 Å². The number of aromatic nitrogens is 1. The van der Waals surface area contributed by atoms with Gasteiger partial charge in [0.2, 0.25) is 0 Å². The Labute approximate surface area is 49.7 Å². The molecule has 1 aromatic heterocycles. The van der Waals surface area contributed by atoms with Crippen LogP contribution in [0.5, 0.6) is 0 Å². The molecule has 0 amide bonds. The summed E-state index contributed by atoms with van der Waals surface area (Å²) < 4.78 is 0. The van der Waals surface area contributed by atoms with Crippen molar-refractivity contribution in [3.63, 3.8) is 0 Å². The Hall–Kier alpha value is -0.720. The average molecular weight is 108 g/mol. The monoisotopic (exact) mass is 108 g/mol. The quantitative estimate of drug-likeness (QED) is 0.594. The molecule has 8 heavy (non-hydrogen) atoms. The molecule has 0 aliphatic carbocycles. The number of hydrogen-bond acceptors (Lipinski definition) is 0. The van der Waals surface area contributed by atoms with Crippen LogP contribution in [-0.2, 0) is 6.42 Å². The van der Waals surface area contributed by atoms with E-state index in [-0.39, 0.29) is 0 Å². The number of rotatable bonds is 2. The zero-order valence-electron chi connectivity index (χ0n) is 5.07. The Kier molecular flexibility index (Phi) is 1.73. The standard InChI is InChI=1S/C7H10N/c1-2-3-7-4-5-8-6-7/h4,6,8H,2-3H2,1H3. The molecule has 1 heterocycles. The van der Waals surface area contributed by atoms with Crippen LogP contribution in [-0.4, -0.2) is 4.98 Å². The molecule has 1 nitrogen and oxygen atoms in total. The van der Waals surface area contributed by atoms with Gasteiger partial charge in [-0.2, -0.15) is 0 Å². The third-order valence-electron chi connectivity index (χ3n) is 1.14. The van der Waals surface area contributed by atoms with E-state index in [1.54, 1.807) is 0 Å². The lowest BCUT2D eigenvalue weighted by Crippen LogP contribution is -1.74. The zero-order valence-corrected chi connectivity index (χ0v) is 5.07. The second-order valence-corrected chi connectivity index (χ2v) is 1.90. The third kappa shape index (κ3) is 1.12. The molecule has 1 heteroatoms. The summed E-state index contributed by atoms with van der Waals surface area (Å²) in [7, 11) is 0. The highest BCUT2D eigenvalue weighted by Gasteiger charge is 1.86. The summed E-state index contributed by atoms with van der Waals surface area (Å²) in [4.78, 5) is 2.89. The Morgan fingerprint density at radius 1 is 1.75 bits per heavy atom. The van der Waals surface area contributed by atoms with Crippen LogP contribution >= 0.6 is 0 Å². The van der Waals surface area contributed by atoms with E-state index in [0.717, 1.165) is 0 Å². The van der Waals surface area contributed by atoms with Crippen molar-refractivity contribution in [2.45, 2.75) is 19.8 Å². The Balaban J connectivity index is 2.50. The minimum atomic E-state index is 1.17. The van der Waals surface area contributed by atoms with Crippen LogP contribution in [0.1, 0.15) is 18.9 Å². The van der Waals surface area contributed by atoms with E-state index in [0.29, 0.717) is 0 Å². The van der Waals surface area contributed by atoms with Gasteiger partial charge in [-0.3, -0.25) is 0 Å². The molecule has 1 rings (SSSR count). The van der Waals surface area contributed by atoms with E-state index in [2.05, 4.69) is 18.1 Å². The molecule has 0 aliphatic rings. The van der Waals surface area contributed by atoms with Crippen LogP contribution in [0.15, 0.2) is 12.3 Å². The molecule has 0 unspecified atom stereocenters. The molecule has 0 fully saturated rings. The number of hydrogen-bond donors (Lipinski definition) is 1. The van der Waals surface area contributed by atoms with Crippen molar-refractivity contribution in [2.24, 2.45) is 0 Å². The molecular weight excluding hydrogens is 98.1 g/mol. The van der Waals surface area contributed by atoms with Crippen molar-refractivity contribution in [1.29, 1.82) is 0 Å². The van der Waals surface area contributed by atoms with Gasteiger partial charge >= 0.3 is 0 Å². The van der Waals surface area contributed by atoms with E-state index in [1.807, 2.05) is 12.3 Å². The van der Waals surface area contributed by atoms with Gasteiger partial charge in [-0.25, -0.2) is 0 Å². The van der Waals surface area contributed by atoms with Gasteiger partial charge in [0.15, 0.2) is 0 Å². The predicted molar refractivity (Wildman–Crippen MR) is 33.6 cm³/mol. The van der Waals surface area contributed by atoms with Gasteiger partial charge in [-0.15, -0.1) is 0 Å². The summed E-state index contributed by atoms with van der Waals surface area (Å²) in [5, 5.41) is 0. The molecule has 1 aromatic rings. The molecule has 0 bridgehead atoms. The van der Waals surface area contributed by atoms with Crippen LogP contribution < -0.4 is 0 Å². The number of nitrogens with one attached hydrogen (secondary N) is 1. The summed E-state index contributed by atoms with van der Waals surface area (Å²) in [6.07, 6.45) is 7.26. The topological polar surface area (TPSA) is 15.8 Å². The number of aryl methyl sites for hydroxylation is 1. The highest BCUT2D eigenvalue weighted by molar-refractivity contribution is 5.06. The number of aromatic amines is 1. The fourth-order valence-corrected chi connectivity index (χ4v) is 0.743. The fourth-order valence-electron chi connectivity index (χ4n) is 0.743. The molecular formula is C7H10N. The van der Waals surface area contributed by atoms with Crippen LogP contribution in [0.25, 0.3) is 0 Å². The Morgan fingerprint density at radius 3 is 3.12 bits per heavy atom. The normalized spacial score (nSPS) is 9.62. The number of H-pyrrole nitrogens is 1. The highest BCUT2D eigenvalue weighted by Crippen LogP contribution is 1.98. The lowest BCUT2D eigenvalue weighted by molar-refractivity contribution is 0.923. The first-order valence-electron chi connectivity index (χ1n) is 2.97. The fraction of sp³-hybridized carbons (Fsp3) is 0.429. The SMILES string of the molecule is CCCc1c[c][nH]c1. The zero-order chi connectivity index (χ0) is 5.82. The molecule has 0 aliphatic heterocycles. The van der Waals surface area contributed by atoms with Gasteiger partial charge in [0.05, 0.1) is 6.20 Å². The van der Waals surface area contributed by atoms with Crippen LogP contribution in [0.2, 0.25) is 0 Å². The molecule has 43 valence electrons. The summed E-state index contributed by atoms with van der Waals surface area (Å²) in [5.74, 6) is 0. The summed E-state index contributed by atoms with van der Waals surface area (Å²) in [6, 6.07) is 1.99. The second-order valence-electron chi connectivity index (χ2n) is 1.90. The van der Waals surface area contributed by atoms with E-state index in [1.165, 1.54) is 18.4 Å². The van der Waals surface area contributed by atoms with E-state index in [4.69, 9.17) is 0 Å². The average Bonchev–Trinajstić information content (AvgIpc) is 2.19. The Bertz CT molecular complexity index is 130. The van der Waals surface area contributed by atoms with Gasteiger partial charge in [0.1, 0.15) is 0 Å². The van der Waals surface area contributed by atoms with Crippen LogP contribution in [0, 0.1) is 6.20 Å². The second kappa shape index (κ2) is 2.55. The molecule has 0 aromatic carbocycles. The van der Waals surface area contributed by atoms with Gasteiger partial charge in [-0.1, -0.05) is 13.3 Å². The van der Waals surface area contributed by atoms with Gasteiger partial charge < -0.3 is 4.98 Å². The molecule has 1 N–H and O–H groups in total. The first-order valence-corrected chi connectivity index (χ1v) is 2.97. The van der Waals surface area contributed by atoms with Crippen molar-refractivity contribution in [3.05, 3.63) is 24.0 Å². The predicted octanol–water partition coefficient (Wildman–Crippen LogP) is 1.77. The van der Waals surface area contributed by atoms with Crippen LogP contribution in [0.4, 0.5) is 0 Å². The highest BCUT2D eigenvalue weighted by atomic mass is 14.6. The summed E-state index contributed by atoms with van der Waals surface area (Å²) in [5.41, 5.74) is 1.35. The first kappa shape index (κ1) is 5.42. The largest absolute Gasteiger partial charge is 0.360 e. The summed E-state index contributed by atoms with van der Waals surface area (Å²) >= 11 is 0. The maximum absolute atomic E-state index is 2.89. The van der Waals surface area contributed by atoms with E-state index < -0.39 is 0 Å². The van der Waals surface area contributed by atoms with Crippen molar-refractivity contribution in [3.8, 4) is 0 Å². The smallest absolute Gasteiger partial charge is 0.0622 e. The maximum atomic E-state index is 2.89. The molecule has 0 spiro atoms. The van der Waals surface area contributed by atoms with Crippen LogP contribution in [0.3, 0.4) is 0 Å². The summed E-state index contributed by atoms with van der Waals surface area (Å²) in [6.45, 7) is 2.17. The first-order chi connectivity index (χ1) is 3.93. The maximum Gasteiger partial charge on any atom is 0.0622 e. The minimum absolute atomic E-state index is 1.17. The van der Waals surface area contributed by atoms with Gasteiger partial charge in [0.25, 0.3) is 0 Å². The van der Waals surface area contributed by atoms with E-state index in [9.17, 15) is 0 Å². The Morgan fingerprint density at radius 2 is 2.62 bits per heavy atom. The molecule has 0 atom stereocenters. The van der Waals surface area contributed by atoms with Gasteiger partial charge in [-0.05, 0) is 18.1 Å². The minimum Gasteiger partial charge on any atom is -0.360 e. The third-order valence-corrected chi connectivity index (χ3v) is 1.14. The lowest BCUT2D eigenvalue weighted by atomic mass is 10.2. The van der Waals surface area contributed by atoms with Crippen molar-refractivity contribution < 1.29 is 0 Å². The van der Waals surface area contributed by atoms with Crippen molar-refractivity contribution in [2.75, 3.05) is 0 Å². The molecule has 0 saturated heterocycles.